The Morgan fingerprint density at radius 2 is 1.72 bits per heavy atom. The van der Waals surface area contributed by atoms with Gasteiger partial charge in [0.2, 0.25) is 0 Å². The Balaban J connectivity index is 1.86. The molecule has 0 unspecified atom stereocenters. The number of nitrogens with two attached hydrogens (primary N) is 1. The van der Waals surface area contributed by atoms with E-state index in [2.05, 4.69) is 10.6 Å². The highest BCUT2D eigenvalue weighted by Crippen LogP contribution is 2.20. The maximum Gasteiger partial charge on any atom is 0.312 e. The fourth-order valence-corrected chi connectivity index (χ4v) is 2.61. The Bertz CT molecular complexity index is 840. The van der Waals surface area contributed by atoms with Crippen LogP contribution < -0.4 is 21.1 Å². The molecule has 1 atom stereocenters. The van der Waals surface area contributed by atoms with Gasteiger partial charge in [0.05, 0.1) is 19.1 Å². The highest BCUT2D eigenvalue weighted by Gasteiger charge is 2.19. The fourth-order valence-electron chi connectivity index (χ4n) is 2.49. The number of ether oxygens (including phenoxy) is 2. The molecule has 0 aliphatic carbocycles. The Morgan fingerprint density at radius 3 is 2.31 bits per heavy atom. The standard InChI is InChI=1S/C20H22ClN3O5/c1-2-28-16-9-7-15(8-10-16)23-18(25)12-29-19(26)11-17(24-20(22)27)13-3-5-14(21)6-4-13/h3-10,17H,2,11-12H2,1H3,(H,23,25)(H3,22,24,27)/t17-/m0/s1. The average Bonchev–Trinajstić information content (AvgIpc) is 2.68. The zero-order valence-electron chi connectivity index (χ0n) is 15.8. The summed E-state index contributed by atoms with van der Waals surface area (Å²) in [5, 5.41) is 5.60. The number of rotatable bonds is 9. The highest BCUT2D eigenvalue weighted by molar-refractivity contribution is 6.30. The molecule has 0 spiro atoms. The van der Waals surface area contributed by atoms with Crippen molar-refractivity contribution in [2.75, 3.05) is 18.5 Å². The van der Waals surface area contributed by atoms with Crippen molar-refractivity contribution in [1.29, 1.82) is 0 Å². The van der Waals surface area contributed by atoms with Gasteiger partial charge in [-0.3, -0.25) is 9.59 Å². The molecular weight excluding hydrogens is 398 g/mol. The molecule has 0 aliphatic rings. The van der Waals surface area contributed by atoms with Crippen LogP contribution in [-0.4, -0.2) is 31.1 Å². The zero-order valence-corrected chi connectivity index (χ0v) is 16.6. The van der Waals surface area contributed by atoms with Crippen LogP contribution in [0.4, 0.5) is 10.5 Å². The first-order chi connectivity index (χ1) is 13.9. The summed E-state index contributed by atoms with van der Waals surface area (Å²) in [5.74, 6) is -0.471. The lowest BCUT2D eigenvalue weighted by Crippen LogP contribution is -2.35. The summed E-state index contributed by atoms with van der Waals surface area (Å²) in [7, 11) is 0. The molecule has 2 aromatic rings. The fraction of sp³-hybridized carbons (Fsp3) is 0.250. The van der Waals surface area contributed by atoms with Crippen molar-refractivity contribution in [2.45, 2.75) is 19.4 Å². The molecule has 2 aromatic carbocycles. The van der Waals surface area contributed by atoms with Crippen LogP contribution in [0.1, 0.15) is 24.9 Å². The van der Waals surface area contributed by atoms with Crippen LogP contribution in [0, 0.1) is 0 Å². The molecule has 3 amide bonds. The van der Waals surface area contributed by atoms with Crippen molar-refractivity contribution in [3.05, 3.63) is 59.1 Å². The molecule has 0 fully saturated rings. The van der Waals surface area contributed by atoms with Crippen LogP contribution in [0.15, 0.2) is 48.5 Å². The number of esters is 1. The molecule has 2 rings (SSSR count). The van der Waals surface area contributed by atoms with Crippen molar-refractivity contribution in [1.82, 2.24) is 5.32 Å². The summed E-state index contributed by atoms with van der Waals surface area (Å²) in [6, 6.07) is 11.9. The molecular formula is C20H22ClN3O5. The number of urea groups is 1. The first kappa shape index (κ1) is 22.0. The Kier molecular flexibility index (Phi) is 8.29. The Hall–Kier alpha value is -3.26. The number of hydrogen-bond acceptors (Lipinski definition) is 5. The minimum absolute atomic E-state index is 0.194. The van der Waals surface area contributed by atoms with E-state index in [1.807, 2.05) is 6.92 Å². The van der Waals surface area contributed by atoms with Crippen LogP contribution in [0.5, 0.6) is 5.75 Å². The molecule has 0 aliphatic heterocycles. The minimum atomic E-state index is -0.786. The first-order valence-corrected chi connectivity index (χ1v) is 9.25. The van der Waals surface area contributed by atoms with Crippen LogP contribution in [0.2, 0.25) is 5.02 Å². The number of hydrogen-bond donors (Lipinski definition) is 3. The van der Waals surface area contributed by atoms with Gasteiger partial charge >= 0.3 is 12.0 Å². The molecule has 4 N–H and O–H groups in total. The smallest absolute Gasteiger partial charge is 0.312 e. The maximum atomic E-state index is 12.1. The van der Waals surface area contributed by atoms with Gasteiger partial charge in [0.1, 0.15) is 5.75 Å². The highest BCUT2D eigenvalue weighted by atomic mass is 35.5. The van der Waals surface area contributed by atoms with Crippen LogP contribution >= 0.6 is 11.6 Å². The van der Waals surface area contributed by atoms with Gasteiger partial charge in [0, 0.05) is 10.7 Å². The van der Waals surface area contributed by atoms with E-state index >= 15 is 0 Å². The van der Waals surface area contributed by atoms with Gasteiger partial charge in [-0.15, -0.1) is 0 Å². The number of carbonyl (C=O) groups excluding carboxylic acids is 3. The summed E-state index contributed by atoms with van der Waals surface area (Å²) in [6.45, 7) is 1.96. The third-order valence-corrected chi connectivity index (χ3v) is 4.02. The summed E-state index contributed by atoms with van der Waals surface area (Å²) in [5.41, 5.74) is 6.35. The molecule has 9 heteroatoms. The number of benzene rings is 2. The monoisotopic (exact) mass is 419 g/mol. The van der Waals surface area contributed by atoms with Crippen LogP contribution in [0.25, 0.3) is 0 Å². The molecule has 154 valence electrons. The van der Waals surface area contributed by atoms with E-state index in [9.17, 15) is 14.4 Å². The van der Waals surface area contributed by atoms with Gasteiger partial charge < -0.3 is 25.8 Å². The van der Waals surface area contributed by atoms with E-state index in [1.165, 1.54) is 0 Å². The van der Waals surface area contributed by atoms with E-state index in [0.717, 1.165) is 0 Å². The van der Waals surface area contributed by atoms with Crippen LogP contribution in [0.3, 0.4) is 0 Å². The second-order valence-electron chi connectivity index (χ2n) is 5.98. The van der Waals surface area contributed by atoms with Gasteiger partial charge in [-0.25, -0.2) is 4.79 Å². The second-order valence-corrected chi connectivity index (χ2v) is 6.42. The third kappa shape index (κ3) is 7.71. The molecule has 0 heterocycles. The molecule has 0 bridgehead atoms. The van der Waals surface area contributed by atoms with Gasteiger partial charge in [-0.2, -0.15) is 0 Å². The first-order valence-electron chi connectivity index (χ1n) is 8.87. The van der Waals surface area contributed by atoms with Gasteiger partial charge in [0.15, 0.2) is 6.61 Å². The molecule has 8 nitrogen and oxygen atoms in total. The zero-order chi connectivity index (χ0) is 21.2. The van der Waals surface area contributed by atoms with Crippen molar-refractivity contribution in [2.24, 2.45) is 5.73 Å². The molecule has 0 aromatic heterocycles. The van der Waals surface area contributed by atoms with Gasteiger partial charge in [-0.05, 0) is 48.9 Å². The minimum Gasteiger partial charge on any atom is -0.494 e. The molecule has 0 saturated carbocycles. The second kappa shape index (κ2) is 10.9. The van der Waals surface area contributed by atoms with E-state index in [-0.39, 0.29) is 6.42 Å². The van der Waals surface area contributed by atoms with E-state index in [4.69, 9.17) is 26.8 Å². The van der Waals surface area contributed by atoms with Crippen molar-refractivity contribution < 1.29 is 23.9 Å². The number of amides is 3. The van der Waals surface area contributed by atoms with E-state index in [1.54, 1.807) is 48.5 Å². The molecule has 0 radical (unpaired) electrons. The summed E-state index contributed by atoms with van der Waals surface area (Å²) < 4.78 is 10.3. The third-order valence-electron chi connectivity index (χ3n) is 3.77. The quantitative estimate of drug-likeness (QED) is 0.539. The van der Waals surface area contributed by atoms with Gasteiger partial charge in [0.25, 0.3) is 5.91 Å². The lowest BCUT2D eigenvalue weighted by Gasteiger charge is -2.17. The number of halogens is 1. The summed E-state index contributed by atoms with van der Waals surface area (Å²) >= 11 is 5.85. The largest absolute Gasteiger partial charge is 0.494 e. The number of anilines is 1. The van der Waals surface area contributed by atoms with Crippen molar-refractivity contribution in [3.63, 3.8) is 0 Å². The molecule has 0 saturated heterocycles. The number of primary amides is 1. The average molecular weight is 420 g/mol. The van der Waals surface area contributed by atoms with E-state index in [0.29, 0.717) is 28.6 Å². The summed E-state index contributed by atoms with van der Waals surface area (Å²) in [6.07, 6.45) is -0.194. The SMILES string of the molecule is CCOc1ccc(NC(=O)COC(=O)C[C@H](NC(N)=O)c2ccc(Cl)cc2)cc1. The van der Waals surface area contributed by atoms with E-state index < -0.39 is 30.6 Å². The topological polar surface area (TPSA) is 120 Å². The number of carbonyl (C=O) groups is 3. The van der Waals surface area contributed by atoms with Gasteiger partial charge in [-0.1, -0.05) is 23.7 Å². The van der Waals surface area contributed by atoms with Crippen LogP contribution in [-0.2, 0) is 14.3 Å². The normalized spacial score (nSPS) is 11.2. The Labute approximate surface area is 173 Å². The predicted molar refractivity (Wildman–Crippen MR) is 109 cm³/mol. The van der Waals surface area contributed by atoms with Crippen molar-refractivity contribution in [3.8, 4) is 5.75 Å². The lowest BCUT2D eigenvalue weighted by molar-refractivity contribution is -0.147. The molecule has 29 heavy (non-hydrogen) atoms. The maximum absolute atomic E-state index is 12.1. The Morgan fingerprint density at radius 1 is 1.07 bits per heavy atom. The predicted octanol–water partition coefficient (Wildman–Crippen LogP) is 3.02. The summed E-state index contributed by atoms with van der Waals surface area (Å²) in [4.78, 5) is 35.3. The lowest BCUT2D eigenvalue weighted by atomic mass is 10.0. The number of nitrogens with one attached hydrogen (secondary N) is 2. The van der Waals surface area contributed by atoms with Crippen molar-refractivity contribution >= 4 is 35.2 Å².